The molecular formula is C22H24N4O4. The van der Waals surface area contributed by atoms with Crippen molar-refractivity contribution in [3.05, 3.63) is 79.9 Å². The number of aromatic nitrogens is 2. The first kappa shape index (κ1) is 19.8. The van der Waals surface area contributed by atoms with E-state index in [9.17, 15) is 14.4 Å². The molecule has 0 spiro atoms. The van der Waals surface area contributed by atoms with Gasteiger partial charge in [-0.25, -0.2) is 4.79 Å². The van der Waals surface area contributed by atoms with Crippen molar-refractivity contribution in [2.45, 2.75) is 39.2 Å². The van der Waals surface area contributed by atoms with E-state index in [1.165, 1.54) is 17.2 Å². The van der Waals surface area contributed by atoms with Gasteiger partial charge in [0.15, 0.2) is 5.76 Å². The van der Waals surface area contributed by atoms with E-state index in [0.29, 0.717) is 24.5 Å². The van der Waals surface area contributed by atoms with Gasteiger partial charge < -0.3 is 15.1 Å². The third-order valence-corrected chi connectivity index (χ3v) is 5.21. The second-order valence-corrected chi connectivity index (χ2v) is 7.46. The number of hydrogen-bond donors (Lipinski definition) is 3. The van der Waals surface area contributed by atoms with Crippen molar-refractivity contribution in [3.8, 4) is 0 Å². The van der Waals surface area contributed by atoms with Crippen LogP contribution in [0.5, 0.6) is 0 Å². The molecule has 0 radical (unpaired) electrons. The number of carbonyl (C=O) groups excluding carboxylic acids is 1. The molecule has 1 aliphatic carbocycles. The van der Waals surface area contributed by atoms with E-state index < -0.39 is 11.2 Å². The zero-order chi connectivity index (χ0) is 21.1. The number of benzene rings is 1. The molecule has 1 amide bonds. The van der Waals surface area contributed by atoms with Crippen molar-refractivity contribution < 1.29 is 9.21 Å². The fourth-order valence-electron chi connectivity index (χ4n) is 3.69. The quantitative estimate of drug-likeness (QED) is 0.521. The van der Waals surface area contributed by atoms with Crippen LogP contribution in [0.3, 0.4) is 0 Å². The summed E-state index contributed by atoms with van der Waals surface area (Å²) in [4.78, 5) is 39.4. The van der Waals surface area contributed by atoms with Gasteiger partial charge in [0.1, 0.15) is 11.6 Å². The van der Waals surface area contributed by atoms with E-state index >= 15 is 0 Å². The number of nitrogens with one attached hydrogen (secondary N) is 3. The molecule has 0 atom stereocenters. The predicted molar refractivity (Wildman–Crippen MR) is 113 cm³/mol. The van der Waals surface area contributed by atoms with Crippen molar-refractivity contribution in [2.24, 2.45) is 0 Å². The van der Waals surface area contributed by atoms with Crippen molar-refractivity contribution in [1.82, 2.24) is 14.9 Å². The molecule has 156 valence electrons. The van der Waals surface area contributed by atoms with E-state index in [1.54, 1.807) is 19.1 Å². The van der Waals surface area contributed by atoms with Gasteiger partial charge in [-0.2, -0.15) is 0 Å². The van der Waals surface area contributed by atoms with Gasteiger partial charge in [-0.1, -0.05) is 6.07 Å². The molecule has 0 aliphatic heterocycles. The Labute approximate surface area is 172 Å². The molecule has 3 aromatic rings. The van der Waals surface area contributed by atoms with Crippen LogP contribution in [0.1, 0.15) is 40.3 Å². The smallest absolute Gasteiger partial charge is 0.329 e. The minimum atomic E-state index is -0.487. The molecule has 30 heavy (non-hydrogen) atoms. The standard InChI is InChI=1S/C22H24N4O4/c1-14-6-9-18(30-14)21(28)23-10-3-11-26-20(27)13-19(25-22(26)29)24-17-8-7-15-4-2-5-16(15)12-17/h6-9,12-13,24H,2-5,10-11H2,1H3,(H,23,28)(H,25,29). The van der Waals surface area contributed by atoms with Gasteiger partial charge in [0.2, 0.25) is 0 Å². The van der Waals surface area contributed by atoms with Crippen LogP contribution < -0.4 is 21.9 Å². The lowest BCUT2D eigenvalue weighted by atomic mass is 10.1. The number of anilines is 2. The first-order chi connectivity index (χ1) is 14.5. The van der Waals surface area contributed by atoms with Gasteiger partial charge in [0.25, 0.3) is 11.5 Å². The molecule has 1 aromatic carbocycles. The summed E-state index contributed by atoms with van der Waals surface area (Å²) in [6.45, 7) is 2.28. The summed E-state index contributed by atoms with van der Waals surface area (Å²) < 4.78 is 6.38. The molecule has 0 bridgehead atoms. The van der Waals surface area contributed by atoms with Gasteiger partial charge in [-0.3, -0.25) is 19.1 Å². The number of carbonyl (C=O) groups is 1. The third kappa shape index (κ3) is 4.37. The molecular weight excluding hydrogens is 384 g/mol. The van der Waals surface area contributed by atoms with Crippen molar-refractivity contribution in [2.75, 3.05) is 11.9 Å². The minimum Gasteiger partial charge on any atom is -0.456 e. The van der Waals surface area contributed by atoms with Gasteiger partial charge in [0.05, 0.1) is 0 Å². The number of aryl methyl sites for hydroxylation is 3. The van der Waals surface area contributed by atoms with Gasteiger partial charge in [-0.15, -0.1) is 0 Å². The number of furan rings is 1. The zero-order valence-electron chi connectivity index (χ0n) is 16.8. The Morgan fingerprint density at radius 3 is 2.73 bits per heavy atom. The summed E-state index contributed by atoms with van der Waals surface area (Å²) in [5.74, 6) is 0.940. The van der Waals surface area contributed by atoms with Crippen molar-refractivity contribution >= 4 is 17.4 Å². The van der Waals surface area contributed by atoms with Crippen LogP contribution in [0, 0.1) is 6.92 Å². The van der Waals surface area contributed by atoms with Crippen molar-refractivity contribution in [1.29, 1.82) is 0 Å². The molecule has 2 heterocycles. The number of nitrogens with zero attached hydrogens (tertiary/aromatic N) is 1. The number of H-pyrrole nitrogens is 1. The van der Waals surface area contributed by atoms with Gasteiger partial charge >= 0.3 is 5.69 Å². The molecule has 0 saturated heterocycles. The molecule has 0 fully saturated rings. The second kappa shape index (κ2) is 8.44. The summed E-state index contributed by atoms with van der Waals surface area (Å²) in [5.41, 5.74) is 2.63. The van der Waals surface area contributed by atoms with E-state index in [0.717, 1.165) is 29.5 Å². The van der Waals surface area contributed by atoms with Crippen molar-refractivity contribution in [3.63, 3.8) is 0 Å². The van der Waals surface area contributed by atoms with Crippen LogP contribution in [-0.4, -0.2) is 22.0 Å². The zero-order valence-corrected chi connectivity index (χ0v) is 16.8. The van der Waals surface area contributed by atoms with E-state index in [1.807, 2.05) is 6.07 Å². The number of hydrogen-bond acceptors (Lipinski definition) is 5. The Balaban J connectivity index is 1.35. The highest BCUT2D eigenvalue weighted by Gasteiger charge is 2.12. The van der Waals surface area contributed by atoms with E-state index in [-0.39, 0.29) is 18.2 Å². The average molecular weight is 408 g/mol. The van der Waals surface area contributed by atoms with Gasteiger partial charge in [-0.05, 0) is 68.0 Å². The monoisotopic (exact) mass is 408 g/mol. The maximum atomic E-state index is 12.4. The van der Waals surface area contributed by atoms with Crippen LogP contribution in [0.25, 0.3) is 0 Å². The Bertz CT molecular complexity index is 1160. The Morgan fingerprint density at radius 2 is 1.97 bits per heavy atom. The maximum Gasteiger partial charge on any atom is 0.329 e. The molecule has 8 heteroatoms. The van der Waals surface area contributed by atoms with E-state index in [4.69, 9.17) is 4.42 Å². The Kier molecular flexibility index (Phi) is 5.56. The predicted octanol–water partition coefficient (Wildman–Crippen LogP) is 2.49. The highest BCUT2D eigenvalue weighted by molar-refractivity contribution is 5.91. The highest BCUT2D eigenvalue weighted by Crippen LogP contribution is 2.25. The Morgan fingerprint density at radius 1 is 1.13 bits per heavy atom. The molecule has 3 N–H and O–H groups in total. The van der Waals surface area contributed by atoms with E-state index in [2.05, 4.69) is 27.8 Å². The molecule has 0 saturated carbocycles. The highest BCUT2D eigenvalue weighted by atomic mass is 16.3. The minimum absolute atomic E-state index is 0.199. The number of amides is 1. The lowest BCUT2D eigenvalue weighted by Crippen LogP contribution is -2.36. The molecule has 0 unspecified atom stereocenters. The molecule has 1 aliphatic rings. The first-order valence-corrected chi connectivity index (χ1v) is 10.1. The van der Waals surface area contributed by atoms with Gasteiger partial charge in [0, 0.05) is 24.8 Å². The van der Waals surface area contributed by atoms with Crippen LogP contribution in [0.15, 0.2) is 50.4 Å². The summed E-state index contributed by atoms with van der Waals surface area (Å²) >= 11 is 0. The fourth-order valence-corrected chi connectivity index (χ4v) is 3.69. The summed E-state index contributed by atoms with van der Waals surface area (Å²) in [5, 5.41) is 5.82. The Hall–Kier alpha value is -3.55. The van der Waals surface area contributed by atoms with Crippen LogP contribution in [0.2, 0.25) is 0 Å². The summed E-state index contributed by atoms with van der Waals surface area (Å²) in [7, 11) is 0. The lowest BCUT2D eigenvalue weighted by Gasteiger charge is -2.10. The topological polar surface area (TPSA) is 109 Å². The van der Waals surface area contributed by atoms with Crippen LogP contribution in [-0.2, 0) is 19.4 Å². The molecule has 2 aromatic heterocycles. The summed E-state index contributed by atoms with van der Waals surface area (Å²) in [6, 6.07) is 10.8. The number of rotatable bonds is 7. The average Bonchev–Trinajstić information content (AvgIpc) is 3.35. The summed E-state index contributed by atoms with van der Waals surface area (Å²) in [6.07, 6.45) is 3.75. The largest absolute Gasteiger partial charge is 0.456 e. The molecule has 8 nitrogen and oxygen atoms in total. The van der Waals surface area contributed by atoms with Crippen LogP contribution in [0.4, 0.5) is 11.5 Å². The fraction of sp³-hybridized carbons (Fsp3) is 0.318. The third-order valence-electron chi connectivity index (χ3n) is 5.21. The maximum absolute atomic E-state index is 12.4. The lowest BCUT2D eigenvalue weighted by molar-refractivity contribution is 0.0923. The molecule has 4 rings (SSSR count). The first-order valence-electron chi connectivity index (χ1n) is 10.1. The second-order valence-electron chi connectivity index (χ2n) is 7.46. The normalized spacial score (nSPS) is 12.6. The number of aromatic amines is 1. The SMILES string of the molecule is Cc1ccc(C(=O)NCCCn2c(=O)cc(Nc3ccc4c(c3)CCC4)[nH]c2=O)o1. The van der Waals surface area contributed by atoms with Crippen LogP contribution >= 0.6 is 0 Å². The number of fused-ring (bicyclic) bond motifs is 1.